The van der Waals surface area contributed by atoms with Crippen molar-refractivity contribution in [3.8, 4) is 0 Å². The Kier molecular flexibility index (Phi) is 4.39. The molecule has 0 aliphatic carbocycles. The number of hydrogen-bond donors (Lipinski definition) is 4. The molecule has 92 valence electrons. The quantitative estimate of drug-likeness (QED) is 0.315. The molecule has 0 saturated carbocycles. The van der Waals surface area contributed by atoms with Gasteiger partial charge in [0.15, 0.2) is 12.4 Å². The van der Waals surface area contributed by atoms with Crippen LogP contribution >= 0.6 is 0 Å². The van der Waals surface area contributed by atoms with Gasteiger partial charge in [-0.05, 0) is 0 Å². The Hall–Kier alpha value is -0.990. The molecule has 0 spiro atoms. The number of aliphatic hydroxyl groups is 4. The van der Waals surface area contributed by atoms with Gasteiger partial charge >= 0.3 is 5.97 Å². The zero-order chi connectivity index (χ0) is 12.3. The second kappa shape index (κ2) is 5.37. The molecule has 0 radical (unpaired) electrons. The van der Waals surface area contributed by atoms with Crippen molar-refractivity contribution in [2.45, 2.75) is 30.7 Å². The second-order valence-corrected chi connectivity index (χ2v) is 3.33. The van der Waals surface area contributed by atoms with Crippen LogP contribution in [0.4, 0.5) is 0 Å². The van der Waals surface area contributed by atoms with E-state index in [-0.39, 0.29) is 0 Å². The Morgan fingerprint density at radius 3 is 2.50 bits per heavy atom. The monoisotopic (exact) mass is 234 g/mol. The maximum Gasteiger partial charge on any atom is 0.330 e. The predicted molar refractivity (Wildman–Crippen MR) is 50.1 cm³/mol. The smallest absolute Gasteiger partial charge is 0.330 e. The molecule has 1 aliphatic heterocycles. The molecule has 1 heterocycles. The number of rotatable bonds is 3. The third kappa shape index (κ3) is 2.57. The third-order valence-electron chi connectivity index (χ3n) is 2.26. The molecule has 5 atom stereocenters. The van der Waals surface area contributed by atoms with Gasteiger partial charge in [0.05, 0.1) is 6.61 Å². The van der Waals surface area contributed by atoms with Gasteiger partial charge in [-0.25, -0.2) is 4.79 Å². The van der Waals surface area contributed by atoms with E-state index in [1.165, 1.54) is 0 Å². The predicted octanol–water partition coefficient (Wildman–Crippen LogP) is -2.48. The van der Waals surface area contributed by atoms with E-state index in [0.717, 1.165) is 6.08 Å². The van der Waals surface area contributed by atoms with Crippen molar-refractivity contribution >= 4 is 5.97 Å². The highest BCUT2D eigenvalue weighted by atomic mass is 16.7. The number of ether oxygens (including phenoxy) is 2. The summed E-state index contributed by atoms with van der Waals surface area (Å²) in [7, 11) is 0. The summed E-state index contributed by atoms with van der Waals surface area (Å²) in [6, 6.07) is 0. The molecule has 1 rings (SSSR count). The molecular weight excluding hydrogens is 220 g/mol. The molecular formula is C9H14O7. The first kappa shape index (κ1) is 13.1. The summed E-state index contributed by atoms with van der Waals surface area (Å²) in [5, 5.41) is 37.2. The molecule has 0 aromatic carbocycles. The summed E-state index contributed by atoms with van der Waals surface area (Å²) in [5.74, 6) is -0.860. The number of aliphatic hydroxyl groups excluding tert-OH is 4. The number of carbonyl (C=O) groups excluding carboxylic acids is 1. The van der Waals surface area contributed by atoms with Crippen LogP contribution in [-0.2, 0) is 14.3 Å². The van der Waals surface area contributed by atoms with Crippen molar-refractivity contribution in [3.63, 3.8) is 0 Å². The van der Waals surface area contributed by atoms with Crippen molar-refractivity contribution < 1.29 is 34.7 Å². The van der Waals surface area contributed by atoms with E-state index < -0.39 is 43.3 Å². The summed E-state index contributed by atoms with van der Waals surface area (Å²) >= 11 is 0. The van der Waals surface area contributed by atoms with Crippen LogP contribution in [0.25, 0.3) is 0 Å². The highest BCUT2D eigenvalue weighted by Crippen LogP contribution is 2.22. The Morgan fingerprint density at radius 1 is 1.38 bits per heavy atom. The standard InChI is InChI=1S/C9H14O7/c1-2-5(11)16-8-7(13)6(12)4(3-10)15-9(8)14/h2,4,6-10,12-14H,1,3H2/t4-,6+,7+,8-,9?/m1/s1. The first-order valence-corrected chi connectivity index (χ1v) is 4.64. The molecule has 0 aromatic rings. The molecule has 0 amide bonds. The lowest BCUT2D eigenvalue weighted by Crippen LogP contribution is -2.59. The van der Waals surface area contributed by atoms with Crippen LogP contribution in [0.2, 0.25) is 0 Å². The molecule has 7 nitrogen and oxygen atoms in total. The van der Waals surface area contributed by atoms with Crippen molar-refractivity contribution in [1.82, 2.24) is 0 Å². The fourth-order valence-corrected chi connectivity index (χ4v) is 1.38. The van der Waals surface area contributed by atoms with Crippen molar-refractivity contribution in [2.24, 2.45) is 0 Å². The van der Waals surface area contributed by atoms with E-state index in [4.69, 9.17) is 9.84 Å². The lowest BCUT2D eigenvalue weighted by molar-refractivity contribution is -0.289. The Labute approximate surface area is 91.5 Å². The van der Waals surface area contributed by atoms with Gasteiger partial charge in [-0.2, -0.15) is 0 Å². The number of hydrogen-bond acceptors (Lipinski definition) is 7. The lowest BCUT2D eigenvalue weighted by Gasteiger charge is -2.39. The third-order valence-corrected chi connectivity index (χ3v) is 2.26. The summed E-state index contributed by atoms with van der Waals surface area (Å²) in [4.78, 5) is 10.9. The van der Waals surface area contributed by atoms with Crippen molar-refractivity contribution in [2.75, 3.05) is 6.61 Å². The molecule has 1 saturated heterocycles. The normalized spacial score (nSPS) is 39.1. The van der Waals surface area contributed by atoms with E-state index in [9.17, 15) is 20.1 Å². The van der Waals surface area contributed by atoms with E-state index in [0.29, 0.717) is 0 Å². The minimum atomic E-state index is -1.61. The fraction of sp³-hybridized carbons (Fsp3) is 0.667. The van der Waals surface area contributed by atoms with Crippen LogP contribution in [0.3, 0.4) is 0 Å². The maximum absolute atomic E-state index is 10.9. The van der Waals surface area contributed by atoms with Gasteiger partial charge < -0.3 is 29.9 Å². The summed E-state index contributed by atoms with van der Waals surface area (Å²) in [6.45, 7) is 2.57. The van der Waals surface area contributed by atoms with Gasteiger partial charge in [0.1, 0.15) is 18.3 Å². The van der Waals surface area contributed by atoms with Crippen LogP contribution < -0.4 is 0 Å². The van der Waals surface area contributed by atoms with Crippen molar-refractivity contribution in [3.05, 3.63) is 12.7 Å². The van der Waals surface area contributed by atoms with Gasteiger partial charge in [-0.15, -0.1) is 0 Å². The van der Waals surface area contributed by atoms with Gasteiger partial charge in [-0.1, -0.05) is 6.58 Å². The van der Waals surface area contributed by atoms with Crippen LogP contribution in [0.5, 0.6) is 0 Å². The molecule has 7 heteroatoms. The molecule has 1 unspecified atom stereocenters. The molecule has 0 bridgehead atoms. The first-order chi connectivity index (χ1) is 7.51. The summed E-state index contributed by atoms with van der Waals surface area (Å²) in [5.41, 5.74) is 0. The zero-order valence-corrected chi connectivity index (χ0v) is 8.39. The van der Waals surface area contributed by atoms with Gasteiger partial charge in [0, 0.05) is 6.08 Å². The van der Waals surface area contributed by atoms with Gasteiger partial charge in [0.2, 0.25) is 0 Å². The minimum absolute atomic E-state index is 0.572. The fourth-order valence-electron chi connectivity index (χ4n) is 1.38. The van der Waals surface area contributed by atoms with E-state index >= 15 is 0 Å². The summed E-state index contributed by atoms with van der Waals surface area (Å²) < 4.78 is 9.36. The highest BCUT2D eigenvalue weighted by Gasteiger charge is 2.45. The Morgan fingerprint density at radius 2 is 2.00 bits per heavy atom. The van der Waals surface area contributed by atoms with E-state index in [2.05, 4.69) is 11.3 Å². The van der Waals surface area contributed by atoms with Crippen molar-refractivity contribution in [1.29, 1.82) is 0 Å². The molecule has 1 fully saturated rings. The molecule has 4 N–H and O–H groups in total. The lowest BCUT2D eigenvalue weighted by atomic mass is 9.99. The second-order valence-electron chi connectivity index (χ2n) is 3.33. The topological polar surface area (TPSA) is 116 Å². The molecule has 0 aromatic heterocycles. The van der Waals surface area contributed by atoms with Gasteiger partial charge in [0.25, 0.3) is 0 Å². The molecule has 1 aliphatic rings. The van der Waals surface area contributed by atoms with Crippen LogP contribution in [0, 0.1) is 0 Å². The summed E-state index contributed by atoms with van der Waals surface area (Å²) in [6.07, 6.45) is -6.28. The Bertz CT molecular complexity index is 267. The largest absolute Gasteiger partial charge is 0.451 e. The SMILES string of the molecule is C=CC(=O)O[C@H]1C(O)O[C@H](CO)[C@H](O)[C@@H]1O. The van der Waals surface area contributed by atoms with Crippen LogP contribution in [0.1, 0.15) is 0 Å². The van der Waals surface area contributed by atoms with Gasteiger partial charge in [-0.3, -0.25) is 0 Å². The number of carbonyl (C=O) groups is 1. The van der Waals surface area contributed by atoms with E-state index in [1.807, 2.05) is 0 Å². The average molecular weight is 234 g/mol. The Balaban J connectivity index is 2.71. The van der Waals surface area contributed by atoms with Crippen LogP contribution in [0.15, 0.2) is 12.7 Å². The molecule has 16 heavy (non-hydrogen) atoms. The van der Waals surface area contributed by atoms with E-state index in [1.54, 1.807) is 0 Å². The highest BCUT2D eigenvalue weighted by molar-refractivity contribution is 5.81. The van der Waals surface area contributed by atoms with Crippen LogP contribution in [-0.4, -0.2) is 63.7 Å². The average Bonchev–Trinajstić information content (AvgIpc) is 2.28. The minimum Gasteiger partial charge on any atom is -0.451 e. The number of esters is 1. The zero-order valence-electron chi connectivity index (χ0n) is 8.39. The first-order valence-electron chi connectivity index (χ1n) is 4.64. The maximum atomic E-state index is 10.9.